The second-order valence-corrected chi connectivity index (χ2v) is 11.9. The van der Waals surface area contributed by atoms with E-state index in [0.29, 0.717) is 40.9 Å². The molecule has 41 heavy (non-hydrogen) atoms. The summed E-state index contributed by atoms with van der Waals surface area (Å²) in [5.74, 6) is -0.512. The number of carbonyl (C=O) groups excluding carboxylic acids is 2. The summed E-state index contributed by atoms with van der Waals surface area (Å²) in [6, 6.07) is 22.0. The lowest BCUT2D eigenvalue weighted by atomic mass is 10.0. The Kier molecular flexibility index (Phi) is 8.55. The highest BCUT2D eigenvalue weighted by molar-refractivity contribution is 7.88. The van der Waals surface area contributed by atoms with Gasteiger partial charge in [0.25, 0.3) is 0 Å². The van der Waals surface area contributed by atoms with Crippen LogP contribution >= 0.6 is 0 Å². The third-order valence-electron chi connectivity index (χ3n) is 7.13. The molecule has 1 fully saturated rings. The molecule has 5 rings (SSSR count). The van der Waals surface area contributed by atoms with Gasteiger partial charge >= 0.3 is 0 Å². The molecule has 0 bridgehead atoms. The molecule has 4 aromatic rings. The Labute approximate surface area is 239 Å². The fraction of sp³-hybridized carbons (Fsp3) is 0.267. The Morgan fingerprint density at radius 3 is 2.41 bits per heavy atom. The number of anilines is 2. The first-order valence-corrected chi connectivity index (χ1v) is 15.1. The van der Waals surface area contributed by atoms with Crippen LogP contribution in [0.1, 0.15) is 30.4 Å². The molecule has 0 unspecified atom stereocenters. The van der Waals surface area contributed by atoms with E-state index < -0.39 is 16.1 Å². The van der Waals surface area contributed by atoms with Crippen LogP contribution < -0.4 is 15.8 Å². The van der Waals surface area contributed by atoms with E-state index in [4.69, 9.17) is 5.73 Å². The van der Waals surface area contributed by atoms with Crippen molar-refractivity contribution in [2.24, 2.45) is 0 Å². The molecular weight excluding hydrogens is 540 g/mol. The van der Waals surface area contributed by atoms with Gasteiger partial charge < -0.3 is 16.0 Å². The number of hydrogen-bond acceptors (Lipinski definition) is 7. The van der Waals surface area contributed by atoms with Crippen molar-refractivity contribution < 1.29 is 18.0 Å². The maximum absolute atomic E-state index is 13.9. The Morgan fingerprint density at radius 2 is 1.68 bits per heavy atom. The lowest BCUT2D eigenvalue weighted by Gasteiger charge is -2.29. The quantitative estimate of drug-likeness (QED) is 0.264. The highest BCUT2D eigenvalue weighted by Gasteiger charge is 2.36. The number of nitrogens with zero attached hydrogens (tertiary/aromatic N) is 3. The summed E-state index contributed by atoms with van der Waals surface area (Å²) in [6.45, 7) is 0.451. The van der Waals surface area contributed by atoms with E-state index in [9.17, 15) is 18.0 Å². The van der Waals surface area contributed by atoms with Crippen molar-refractivity contribution in [3.8, 4) is 0 Å². The van der Waals surface area contributed by atoms with Crippen molar-refractivity contribution in [2.45, 2.75) is 43.5 Å². The van der Waals surface area contributed by atoms with E-state index in [1.54, 1.807) is 47.4 Å². The van der Waals surface area contributed by atoms with Crippen LogP contribution in [0, 0.1) is 0 Å². The monoisotopic (exact) mass is 572 g/mol. The molecule has 3 aromatic carbocycles. The van der Waals surface area contributed by atoms with Gasteiger partial charge in [-0.25, -0.2) is 23.1 Å². The minimum atomic E-state index is -3.83. The van der Waals surface area contributed by atoms with Crippen LogP contribution in [0.15, 0.2) is 85.2 Å². The van der Waals surface area contributed by atoms with Crippen LogP contribution in [0.4, 0.5) is 11.5 Å². The maximum Gasteiger partial charge on any atom is 0.241 e. The highest BCUT2D eigenvalue weighted by Crippen LogP contribution is 2.25. The minimum absolute atomic E-state index is 0.0827. The van der Waals surface area contributed by atoms with Crippen LogP contribution in [0.25, 0.3) is 10.9 Å². The van der Waals surface area contributed by atoms with Crippen molar-refractivity contribution in [1.29, 1.82) is 0 Å². The van der Waals surface area contributed by atoms with E-state index in [2.05, 4.69) is 20.0 Å². The first-order valence-electron chi connectivity index (χ1n) is 13.5. The molecule has 1 aromatic heterocycles. The molecule has 212 valence electrons. The molecule has 11 heteroatoms. The topological polar surface area (TPSA) is 147 Å². The molecule has 1 aliphatic rings. The third kappa shape index (κ3) is 7.24. The van der Waals surface area contributed by atoms with Gasteiger partial charge in [0.2, 0.25) is 21.8 Å². The van der Waals surface area contributed by atoms with Crippen LogP contribution in [0.2, 0.25) is 0 Å². The predicted octanol–water partition coefficient (Wildman–Crippen LogP) is 3.26. The number of sulfonamides is 1. The first kappa shape index (κ1) is 28.2. The normalized spacial score (nSPS) is 16.0. The van der Waals surface area contributed by atoms with Crippen LogP contribution in [-0.2, 0) is 31.8 Å². The van der Waals surface area contributed by atoms with Gasteiger partial charge in [-0.3, -0.25) is 9.59 Å². The lowest BCUT2D eigenvalue weighted by Crippen LogP contribution is -2.51. The number of likely N-dealkylation sites (tertiary alicyclic amines) is 1. The molecule has 2 heterocycles. The summed E-state index contributed by atoms with van der Waals surface area (Å²) >= 11 is 0. The average molecular weight is 573 g/mol. The van der Waals surface area contributed by atoms with Gasteiger partial charge in [-0.2, -0.15) is 0 Å². The van der Waals surface area contributed by atoms with E-state index in [-0.39, 0.29) is 36.5 Å². The van der Waals surface area contributed by atoms with Crippen molar-refractivity contribution in [3.63, 3.8) is 0 Å². The molecule has 1 saturated heterocycles. The third-order valence-corrected chi connectivity index (χ3v) is 8.49. The summed E-state index contributed by atoms with van der Waals surface area (Å²) in [5.41, 5.74) is 8.64. The standard InChI is InChI=1S/C30H32N6O4S/c31-29-25-17-23(13-14-26(25)32-20-33-29)34-28(37)18-24-12-7-15-36(24)30(38)27(16-21-8-3-1-4-9-21)35-41(39,40)19-22-10-5-2-6-11-22/h1-6,8-11,13-14,17,20,24,27,35H,7,12,15-16,18-19H2,(H,34,37)(H2,31,32,33)/t24-,27+/m0/s1. The van der Waals surface area contributed by atoms with E-state index in [1.165, 1.54) is 6.33 Å². The Morgan fingerprint density at radius 1 is 0.976 bits per heavy atom. The summed E-state index contributed by atoms with van der Waals surface area (Å²) in [5, 5.41) is 3.52. The summed E-state index contributed by atoms with van der Waals surface area (Å²) < 4.78 is 28.9. The largest absolute Gasteiger partial charge is 0.383 e. The zero-order valence-corrected chi connectivity index (χ0v) is 23.3. The van der Waals surface area contributed by atoms with Crippen LogP contribution in [-0.4, -0.2) is 53.7 Å². The zero-order chi connectivity index (χ0) is 28.8. The number of hydrogen-bond donors (Lipinski definition) is 3. The molecule has 10 nitrogen and oxygen atoms in total. The molecule has 4 N–H and O–H groups in total. The van der Waals surface area contributed by atoms with Gasteiger partial charge in [0.15, 0.2) is 0 Å². The Hall–Kier alpha value is -4.35. The SMILES string of the molecule is Nc1ncnc2ccc(NC(=O)C[C@@H]3CCCN3C(=O)[C@@H](Cc3ccccc3)NS(=O)(=O)Cc3ccccc3)cc12. The highest BCUT2D eigenvalue weighted by atomic mass is 32.2. The molecule has 0 aliphatic carbocycles. The number of nitrogens with one attached hydrogen (secondary N) is 2. The smallest absolute Gasteiger partial charge is 0.241 e. The fourth-order valence-corrected chi connectivity index (χ4v) is 6.53. The number of rotatable bonds is 10. The number of carbonyl (C=O) groups is 2. The van der Waals surface area contributed by atoms with E-state index in [1.807, 2.05) is 36.4 Å². The maximum atomic E-state index is 13.9. The van der Waals surface area contributed by atoms with Crippen molar-refractivity contribution in [2.75, 3.05) is 17.6 Å². The van der Waals surface area contributed by atoms with Crippen LogP contribution in [0.5, 0.6) is 0 Å². The number of fused-ring (bicyclic) bond motifs is 1. The number of benzene rings is 3. The molecule has 1 aliphatic heterocycles. The van der Waals surface area contributed by atoms with Gasteiger partial charge in [-0.15, -0.1) is 0 Å². The Balaban J connectivity index is 1.30. The Bertz CT molecular complexity index is 1630. The number of aromatic nitrogens is 2. The average Bonchev–Trinajstić information content (AvgIpc) is 3.41. The second-order valence-electron chi connectivity index (χ2n) is 10.2. The molecule has 0 saturated carbocycles. The summed E-state index contributed by atoms with van der Waals surface area (Å²) in [7, 11) is -3.83. The van der Waals surface area contributed by atoms with Gasteiger partial charge in [0, 0.05) is 30.1 Å². The molecule has 0 spiro atoms. The molecular formula is C30H32N6O4S. The number of amides is 2. The molecule has 0 radical (unpaired) electrons. The molecule has 2 amide bonds. The zero-order valence-electron chi connectivity index (χ0n) is 22.4. The van der Waals surface area contributed by atoms with Gasteiger partial charge in [0.05, 0.1) is 11.3 Å². The molecule has 2 atom stereocenters. The first-order chi connectivity index (χ1) is 19.8. The van der Waals surface area contributed by atoms with Crippen LogP contribution in [0.3, 0.4) is 0 Å². The fourth-order valence-electron chi connectivity index (χ4n) is 5.20. The van der Waals surface area contributed by atoms with Gasteiger partial charge in [0.1, 0.15) is 18.2 Å². The predicted molar refractivity (Wildman–Crippen MR) is 158 cm³/mol. The van der Waals surface area contributed by atoms with Crippen molar-refractivity contribution in [3.05, 3.63) is 96.3 Å². The summed E-state index contributed by atoms with van der Waals surface area (Å²) in [4.78, 5) is 36.7. The van der Waals surface area contributed by atoms with Gasteiger partial charge in [-0.05, 0) is 48.6 Å². The van der Waals surface area contributed by atoms with E-state index in [0.717, 1.165) is 12.0 Å². The van der Waals surface area contributed by atoms with E-state index >= 15 is 0 Å². The van der Waals surface area contributed by atoms with Crippen molar-refractivity contribution >= 4 is 44.2 Å². The number of nitrogen functional groups attached to an aromatic ring is 1. The minimum Gasteiger partial charge on any atom is -0.383 e. The second kappa shape index (κ2) is 12.4. The van der Waals surface area contributed by atoms with Gasteiger partial charge in [-0.1, -0.05) is 60.7 Å². The lowest BCUT2D eigenvalue weighted by molar-refractivity contribution is -0.134. The number of nitrogens with two attached hydrogens (primary N) is 1. The van der Waals surface area contributed by atoms with Crippen molar-refractivity contribution in [1.82, 2.24) is 19.6 Å². The summed E-state index contributed by atoms with van der Waals surface area (Å²) in [6.07, 6.45) is 3.03.